The third-order valence-electron chi connectivity index (χ3n) is 6.68. The SMILES string of the molecule is CC(C)(CCl)C(=O)N1CCN(C(=O)CCN2CCc3sccc3[C@H]2c2cccc(F)c2)CC1. The van der Waals surface area contributed by atoms with Gasteiger partial charge in [0.15, 0.2) is 0 Å². The molecule has 0 saturated carbocycles. The number of fused-ring (bicyclic) bond motifs is 1. The normalized spacial score (nSPS) is 19.5. The Labute approximate surface area is 204 Å². The average Bonchev–Trinajstić information content (AvgIpc) is 3.30. The van der Waals surface area contributed by atoms with Crippen molar-refractivity contribution in [3.63, 3.8) is 0 Å². The van der Waals surface area contributed by atoms with Gasteiger partial charge < -0.3 is 9.80 Å². The van der Waals surface area contributed by atoms with Gasteiger partial charge in [-0.2, -0.15) is 0 Å². The molecule has 2 aliphatic rings. The van der Waals surface area contributed by atoms with Gasteiger partial charge in [0.05, 0.1) is 11.5 Å². The Morgan fingerprint density at radius 1 is 1.12 bits per heavy atom. The summed E-state index contributed by atoms with van der Waals surface area (Å²) in [6.45, 7) is 7.34. The Kier molecular flexibility index (Phi) is 7.41. The van der Waals surface area contributed by atoms with Gasteiger partial charge in [-0.1, -0.05) is 12.1 Å². The Hall–Kier alpha value is -1.96. The zero-order valence-electron chi connectivity index (χ0n) is 19.2. The molecule has 2 aromatic rings. The summed E-state index contributed by atoms with van der Waals surface area (Å²) >= 11 is 7.70. The third kappa shape index (κ3) is 5.26. The van der Waals surface area contributed by atoms with Crippen LogP contribution in [0.4, 0.5) is 4.39 Å². The predicted molar refractivity (Wildman–Crippen MR) is 130 cm³/mol. The van der Waals surface area contributed by atoms with E-state index in [0.717, 1.165) is 18.5 Å². The van der Waals surface area contributed by atoms with E-state index in [4.69, 9.17) is 11.6 Å². The Balaban J connectivity index is 1.37. The Bertz CT molecular complexity index is 1000. The zero-order chi connectivity index (χ0) is 23.6. The summed E-state index contributed by atoms with van der Waals surface area (Å²) < 4.78 is 14.0. The van der Waals surface area contributed by atoms with Crippen molar-refractivity contribution in [2.75, 3.05) is 45.1 Å². The molecule has 0 aliphatic carbocycles. The van der Waals surface area contributed by atoms with Gasteiger partial charge >= 0.3 is 0 Å². The van der Waals surface area contributed by atoms with Gasteiger partial charge in [0.2, 0.25) is 11.8 Å². The van der Waals surface area contributed by atoms with Crippen LogP contribution < -0.4 is 0 Å². The van der Waals surface area contributed by atoms with Gasteiger partial charge in [-0.3, -0.25) is 14.5 Å². The van der Waals surface area contributed by atoms with E-state index in [0.29, 0.717) is 39.1 Å². The minimum Gasteiger partial charge on any atom is -0.339 e. The largest absolute Gasteiger partial charge is 0.339 e. The molecule has 2 aliphatic heterocycles. The topological polar surface area (TPSA) is 43.9 Å². The highest BCUT2D eigenvalue weighted by Gasteiger charge is 2.34. The van der Waals surface area contributed by atoms with Crippen LogP contribution in [0.3, 0.4) is 0 Å². The Morgan fingerprint density at radius 3 is 2.55 bits per heavy atom. The maximum absolute atomic E-state index is 14.0. The maximum atomic E-state index is 14.0. The van der Waals surface area contributed by atoms with Gasteiger partial charge in [0.25, 0.3) is 0 Å². The summed E-state index contributed by atoms with van der Waals surface area (Å²) in [5.74, 6) is 0.185. The molecule has 1 saturated heterocycles. The molecule has 2 amide bonds. The lowest BCUT2D eigenvalue weighted by molar-refractivity contribution is -0.144. The number of piperazine rings is 1. The number of hydrogen-bond acceptors (Lipinski definition) is 4. The third-order valence-corrected chi connectivity index (χ3v) is 8.34. The minimum absolute atomic E-state index is 0.0317. The highest BCUT2D eigenvalue weighted by Crippen LogP contribution is 2.38. The molecule has 178 valence electrons. The molecule has 4 rings (SSSR count). The van der Waals surface area contributed by atoms with Crippen LogP contribution >= 0.6 is 22.9 Å². The second-order valence-electron chi connectivity index (χ2n) is 9.48. The van der Waals surface area contributed by atoms with Crippen molar-refractivity contribution in [2.24, 2.45) is 5.41 Å². The number of hydrogen-bond donors (Lipinski definition) is 0. The highest BCUT2D eigenvalue weighted by atomic mass is 35.5. The zero-order valence-corrected chi connectivity index (χ0v) is 20.8. The first-order valence-corrected chi connectivity index (χ1v) is 12.9. The number of rotatable bonds is 6. The highest BCUT2D eigenvalue weighted by molar-refractivity contribution is 7.10. The number of alkyl halides is 1. The molecular formula is C25H31ClFN3O2S. The molecule has 1 atom stereocenters. The van der Waals surface area contributed by atoms with Crippen molar-refractivity contribution in [3.05, 3.63) is 57.5 Å². The molecule has 1 aromatic carbocycles. The van der Waals surface area contributed by atoms with Crippen LogP contribution in [0.2, 0.25) is 0 Å². The second-order valence-corrected chi connectivity index (χ2v) is 10.8. The monoisotopic (exact) mass is 491 g/mol. The average molecular weight is 492 g/mol. The quantitative estimate of drug-likeness (QED) is 0.570. The number of benzene rings is 1. The molecule has 8 heteroatoms. The lowest BCUT2D eigenvalue weighted by atomic mass is 9.93. The predicted octanol–water partition coefficient (Wildman–Crippen LogP) is 4.16. The molecule has 0 unspecified atom stereocenters. The summed E-state index contributed by atoms with van der Waals surface area (Å²) in [5, 5.41) is 2.10. The molecule has 1 aromatic heterocycles. The van der Waals surface area contributed by atoms with Gasteiger partial charge in [-0.15, -0.1) is 22.9 Å². The minimum atomic E-state index is -0.589. The van der Waals surface area contributed by atoms with E-state index in [-0.39, 0.29) is 29.6 Å². The van der Waals surface area contributed by atoms with Crippen LogP contribution in [0.15, 0.2) is 35.7 Å². The van der Waals surface area contributed by atoms with Crippen LogP contribution in [0.5, 0.6) is 0 Å². The molecule has 5 nitrogen and oxygen atoms in total. The molecule has 0 radical (unpaired) electrons. The standard InChI is InChI=1S/C25H31ClFN3O2S/c1-25(2,17-26)24(32)30-13-11-28(12-14-30)22(31)7-10-29-9-6-21-20(8-15-33-21)23(29)18-4-3-5-19(27)16-18/h3-5,8,15-16,23H,6-7,9-14,17H2,1-2H3/t23-/m1/s1. The lowest BCUT2D eigenvalue weighted by Crippen LogP contribution is -2.54. The summed E-state index contributed by atoms with van der Waals surface area (Å²) in [6.07, 6.45) is 1.36. The van der Waals surface area contributed by atoms with E-state index in [1.54, 1.807) is 23.5 Å². The fourth-order valence-corrected chi connectivity index (χ4v) is 5.74. The first-order valence-electron chi connectivity index (χ1n) is 11.5. The first-order chi connectivity index (χ1) is 15.8. The fraction of sp³-hybridized carbons (Fsp3) is 0.520. The molecule has 0 spiro atoms. The van der Waals surface area contributed by atoms with Crippen LogP contribution in [0.25, 0.3) is 0 Å². The maximum Gasteiger partial charge on any atom is 0.229 e. The van der Waals surface area contributed by atoms with E-state index in [2.05, 4.69) is 16.3 Å². The van der Waals surface area contributed by atoms with E-state index >= 15 is 0 Å². The number of halogens is 2. The van der Waals surface area contributed by atoms with Crippen molar-refractivity contribution in [1.82, 2.24) is 14.7 Å². The van der Waals surface area contributed by atoms with E-state index < -0.39 is 5.41 Å². The van der Waals surface area contributed by atoms with Crippen molar-refractivity contribution >= 4 is 34.8 Å². The van der Waals surface area contributed by atoms with Crippen LogP contribution in [-0.2, 0) is 16.0 Å². The van der Waals surface area contributed by atoms with Crippen molar-refractivity contribution in [1.29, 1.82) is 0 Å². The number of amides is 2. The van der Waals surface area contributed by atoms with Crippen LogP contribution in [0, 0.1) is 11.2 Å². The number of carbonyl (C=O) groups excluding carboxylic acids is 2. The van der Waals surface area contributed by atoms with Gasteiger partial charge in [0, 0.05) is 56.4 Å². The van der Waals surface area contributed by atoms with Gasteiger partial charge in [0.1, 0.15) is 5.82 Å². The fourth-order valence-electron chi connectivity index (χ4n) is 4.72. The molecule has 33 heavy (non-hydrogen) atoms. The van der Waals surface area contributed by atoms with Crippen molar-refractivity contribution < 1.29 is 14.0 Å². The molecular weight excluding hydrogens is 461 g/mol. The van der Waals surface area contributed by atoms with E-state index in [1.807, 2.05) is 29.7 Å². The molecule has 0 N–H and O–H groups in total. The smallest absolute Gasteiger partial charge is 0.229 e. The summed E-state index contributed by atoms with van der Waals surface area (Å²) in [5.41, 5.74) is 1.56. The van der Waals surface area contributed by atoms with Crippen LogP contribution in [0.1, 0.15) is 42.3 Å². The summed E-state index contributed by atoms with van der Waals surface area (Å²) in [6, 6.07) is 8.88. The lowest BCUT2D eigenvalue weighted by Gasteiger charge is -2.39. The summed E-state index contributed by atoms with van der Waals surface area (Å²) in [7, 11) is 0. The number of carbonyl (C=O) groups is 2. The Morgan fingerprint density at radius 2 is 1.85 bits per heavy atom. The van der Waals surface area contributed by atoms with E-state index in [1.165, 1.54) is 16.5 Å². The van der Waals surface area contributed by atoms with Crippen molar-refractivity contribution in [2.45, 2.75) is 32.7 Å². The number of thiophene rings is 1. The molecule has 0 bridgehead atoms. The summed E-state index contributed by atoms with van der Waals surface area (Å²) in [4.78, 5) is 32.9. The number of nitrogens with zero attached hydrogens (tertiary/aromatic N) is 3. The van der Waals surface area contributed by atoms with Crippen molar-refractivity contribution in [3.8, 4) is 0 Å². The first kappa shape index (κ1) is 24.2. The van der Waals surface area contributed by atoms with Gasteiger partial charge in [-0.05, 0) is 55.0 Å². The van der Waals surface area contributed by atoms with Gasteiger partial charge in [-0.25, -0.2) is 4.39 Å². The molecule has 1 fully saturated rings. The van der Waals surface area contributed by atoms with Crippen LogP contribution in [-0.4, -0.2) is 71.7 Å². The van der Waals surface area contributed by atoms with E-state index in [9.17, 15) is 14.0 Å². The second kappa shape index (κ2) is 10.1. The molecule has 3 heterocycles.